The van der Waals surface area contributed by atoms with Gasteiger partial charge < -0.3 is 21.1 Å². The molecule has 0 aromatic rings. The molecule has 0 fully saturated rings. The van der Waals surface area contributed by atoms with Gasteiger partial charge in [0.1, 0.15) is 6.04 Å². The molecular weight excluding hydrogens is 274 g/mol. The summed E-state index contributed by atoms with van der Waals surface area (Å²) < 4.78 is 0. The predicted octanol–water partition coefficient (Wildman–Crippen LogP) is 1.09. The lowest BCUT2D eigenvalue weighted by Crippen LogP contribution is -2.49. The summed E-state index contributed by atoms with van der Waals surface area (Å²) in [7, 11) is 0. The van der Waals surface area contributed by atoms with Gasteiger partial charge in [0.05, 0.1) is 0 Å². The molecule has 0 spiro atoms. The van der Waals surface area contributed by atoms with Gasteiger partial charge in [0.25, 0.3) is 0 Å². The molecule has 7 heteroatoms. The largest absolute Gasteiger partial charge is 0.481 e. The van der Waals surface area contributed by atoms with E-state index in [4.69, 9.17) is 5.11 Å². The number of urea groups is 1. The zero-order valence-corrected chi connectivity index (χ0v) is 13.2. The molecule has 0 aliphatic heterocycles. The first-order chi connectivity index (χ1) is 9.72. The van der Waals surface area contributed by atoms with Crippen molar-refractivity contribution >= 4 is 17.9 Å². The number of carbonyl (C=O) groups excluding carboxylic acids is 2. The van der Waals surface area contributed by atoms with Crippen LogP contribution in [0.3, 0.4) is 0 Å². The van der Waals surface area contributed by atoms with Gasteiger partial charge >= 0.3 is 12.0 Å². The average molecular weight is 301 g/mol. The van der Waals surface area contributed by atoms with Crippen molar-refractivity contribution in [2.45, 2.75) is 59.0 Å². The Balaban J connectivity index is 3.84. The monoisotopic (exact) mass is 301 g/mol. The zero-order chi connectivity index (χ0) is 16.4. The maximum Gasteiger partial charge on any atom is 0.315 e. The molecule has 2 unspecified atom stereocenters. The van der Waals surface area contributed by atoms with Gasteiger partial charge in [-0.05, 0) is 39.5 Å². The van der Waals surface area contributed by atoms with E-state index in [9.17, 15) is 14.4 Å². The Morgan fingerprint density at radius 1 is 1.00 bits per heavy atom. The van der Waals surface area contributed by atoms with Crippen LogP contribution in [0.5, 0.6) is 0 Å². The van der Waals surface area contributed by atoms with Crippen LogP contribution in [0.15, 0.2) is 0 Å². The summed E-state index contributed by atoms with van der Waals surface area (Å²) >= 11 is 0. The Hall–Kier alpha value is -1.79. The van der Waals surface area contributed by atoms with E-state index in [2.05, 4.69) is 16.0 Å². The highest BCUT2D eigenvalue weighted by molar-refractivity contribution is 5.86. The van der Waals surface area contributed by atoms with E-state index < -0.39 is 18.0 Å². The first-order valence-electron chi connectivity index (χ1n) is 7.29. The molecule has 0 heterocycles. The van der Waals surface area contributed by atoms with E-state index in [1.165, 1.54) is 0 Å². The number of hydrogen-bond donors (Lipinski definition) is 4. The van der Waals surface area contributed by atoms with Crippen LogP contribution in [0, 0.1) is 5.92 Å². The van der Waals surface area contributed by atoms with Crippen LogP contribution in [0.1, 0.15) is 47.0 Å². The fraction of sp³-hybridized carbons (Fsp3) is 0.786. The number of carbonyl (C=O) groups is 3. The Kier molecular flexibility index (Phi) is 9.16. The molecular formula is C14H27N3O4. The second kappa shape index (κ2) is 10.0. The van der Waals surface area contributed by atoms with Crippen LogP contribution in [0.2, 0.25) is 0 Å². The maximum absolute atomic E-state index is 11.6. The van der Waals surface area contributed by atoms with Crippen LogP contribution in [0.4, 0.5) is 4.79 Å². The average Bonchev–Trinajstić information content (AvgIpc) is 2.35. The first kappa shape index (κ1) is 19.2. The standard InChI is InChI=1S/C14H27N3O4/c1-9(2)16-13(20)11(4)17-14(21)15-8-7-10(3)5-6-12(18)19/h9-11H,5-8H2,1-4H3,(H,16,20)(H,18,19)(H2,15,17,21). The van der Waals surface area contributed by atoms with Crippen molar-refractivity contribution in [1.29, 1.82) is 0 Å². The molecule has 0 aliphatic carbocycles. The Morgan fingerprint density at radius 2 is 1.62 bits per heavy atom. The third-order valence-corrected chi connectivity index (χ3v) is 2.95. The van der Waals surface area contributed by atoms with Crippen molar-refractivity contribution in [2.75, 3.05) is 6.54 Å². The number of carboxylic acids is 1. The second-order valence-corrected chi connectivity index (χ2v) is 5.61. The SMILES string of the molecule is CC(CCNC(=O)NC(C)C(=O)NC(C)C)CCC(=O)O. The lowest BCUT2D eigenvalue weighted by molar-refractivity contribution is -0.137. The van der Waals surface area contributed by atoms with Gasteiger partial charge in [-0.25, -0.2) is 4.79 Å². The fourth-order valence-electron chi connectivity index (χ4n) is 1.67. The van der Waals surface area contributed by atoms with Crippen molar-refractivity contribution in [3.63, 3.8) is 0 Å². The molecule has 7 nitrogen and oxygen atoms in total. The maximum atomic E-state index is 11.6. The van der Waals surface area contributed by atoms with Crippen molar-refractivity contribution in [3.05, 3.63) is 0 Å². The summed E-state index contributed by atoms with van der Waals surface area (Å²) in [6, 6.07) is -0.969. The van der Waals surface area contributed by atoms with E-state index in [1.807, 2.05) is 20.8 Å². The number of rotatable bonds is 9. The molecule has 0 bridgehead atoms. The third-order valence-electron chi connectivity index (χ3n) is 2.95. The van der Waals surface area contributed by atoms with Gasteiger partial charge in [0, 0.05) is 19.0 Å². The Bertz CT molecular complexity index is 358. The molecule has 0 radical (unpaired) electrons. The van der Waals surface area contributed by atoms with E-state index >= 15 is 0 Å². The molecule has 3 amide bonds. The van der Waals surface area contributed by atoms with Crippen molar-refractivity contribution < 1.29 is 19.5 Å². The van der Waals surface area contributed by atoms with Gasteiger partial charge in [0.2, 0.25) is 5.91 Å². The summed E-state index contributed by atoms with van der Waals surface area (Å²) in [5.41, 5.74) is 0. The minimum atomic E-state index is -0.808. The minimum Gasteiger partial charge on any atom is -0.481 e. The smallest absolute Gasteiger partial charge is 0.315 e. The first-order valence-corrected chi connectivity index (χ1v) is 7.29. The third kappa shape index (κ3) is 10.6. The number of nitrogens with one attached hydrogen (secondary N) is 3. The van der Waals surface area contributed by atoms with Crippen LogP contribution in [0.25, 0.3) is 0 Å². The van der Waals surface area contributed by atoms with Crippen molar-refractivity contribution in [2.24, 2.45) is 5.92 Å². The molecule has 0 rings (SSSR count). The van der Waals surface area contributed by atoms with Gasteiger partial charge in [-0.15, -0.1) is 0 Å². The van der Waals surface area contributed by atoms with E-state index in [1.54, 1.807) is 6.92 Å². The zero-order valence-electron chi connectivity index (χ0n) is 13.2. The Labute approximate surface area is 125 Å². The fourth-order valence-corrected chi connectivity index (χ4v) is 1.67. The summed E-state index contributed by atoms with van der Waals surface area (Å²) in [5.74, 6) is -0.810. The van der Waals surface area contributed by atoms with E-state index in [0.29, 0.717) is 19.4 Å². The molecule has 0 saturated carbocycles. The predicted molar refractivity (Wildman–Crippen MR) is 79.9 cm³/mol. The lowest BCUT2D eigenvalue weighted by atomic mass is 10.0. The molecule has 2 atom stereocenters. The number of amides is 3. The van der Waals surface area contributed by atoms with Gasteiger partial charge in [0.15, 0.2) is 0 Å². The molecule has 0 aromatic heterocycles. The Morgan fingerprint density at radius 3 is 2.14 bits per heavy atom. The number of carboxylic acid groups (broad SMARTS) is 1. The van der Waals surface area contributed by atoms with Crippen LogP contribution in [-0.4, -0.2) is 41.6 Å². The molecule has 122 valence electrons. The van der Waals surface area contributed by atoms with E-state index in [0.717, 1.165) is 0 Å². The normalized spacial score (nSPS) is 13.4. The molecule has 0 aliphatic rings. The van der Waals surface area contributed by atoms with Crippen LogP contribution in [-0.2, 0) is 9.59 Å². The summed E-state index contributed by atoms with van der Waals surface area (Å²) in [6.07, 6.45) is 1.43. The summed E-state index contributed by atoms with van der Waals surface area (Å²) in [6.45, 7) is 7.71. The van der Waals surface area contributed by atoms with Crippen LogP contribution < -0.4 is 16.0 Å². The highest BCUT2D eigenvalue weighted by atomic mass is 16.4. The van der Waals surface area contributed by atoms with Crippen molar-refractivity contribution in [3.8, 4) is 0 Å². The quantitative estimate of drug-likeness (QED) is 0.511. The topological polar surface area (TPSA) is 108 Å². The number of hydrogen-bond acceptors (Lipinski definition) is 3. The van der Waals surface area contributed by atoms with Gasteiger partial charge in [-0.3, -0.25) is 9.59 Å². The summed E-state index contributed by atoms with van der Waals surface area (Å²) in [4.78, 5) is 33.6. The highest BCUT2D eigenvalue weighted by Crippen LogP contribution is 2.08. The van der Waals surface area contributed by atoms with Crippen LogP contribution >= 0.6 is 0 Å². The highest BCUT2D eigenvalue weighted by Gasteiger charge is 2.15. The molecule has 4 N–H and O–H groups in total. The molecule has 0 aromatic carbocycles. The summed E-state index contributed by atoms with van der Waals surface area (Å²) in [5, 5.41) is 16.5. The molecule has 0 saturated heterocycles. The van der Waals surface area contributed by atoms with Gasteiger partial charge in [-0.1, -0.05) is 6.92 Å². The molecule has 21 heavy (non-hydrogen) atoms. The van der Waals surface area contributed by atoms with E-state index in [-0.39, 0.29) is 24.3 Å². The van der Waals surface area contributed by atoms with Gasteiger partial charge in [-0.2, -0.15) is 0 Å². The van der Waals surface area contributed by atoms with Crippen molar-refractivity contribution in [1.82, 2.24) is 16.0 Å². The lowest BCUT2D eigenvalue weighted by Gasteiger charge is -2.17. The number of aliphatic carboxylic acids is 1. The second-order valence-electron chi connectivity index (χ2n) is 5.61. The minimum absolute atomic E-state index is 0.0277.